The Labute approximate surface area is 208 Å². The van der Waals surface area contributed by atoms with Crippen LogP contribution in [0.5, 0.6) is 11.5 Å². The summed E-state index contributed by atoms with van der Waals surface area (Å²) in [6.45, 7) is 15.3. The number of ether oxygens (including phenoxy) is 2. The second-order valence-electron chi connectivity index (χ2n) is 9.59. The molecule has 0 N–H and O–H groups in total. The Morgan fingerprint density at radius 3 is 2.57 bits per heavy atom. The van der Waals surface area contributed by atoms with Crippen molar-refractivity contribution in [3.63, 3.8) is 0 Å². The average Bonchev–Trinajstić information content (AvgIpc) is 3.53. The van der Waals surface area contributed by atoms with Crippen LogP contribution >= 0.6 is 0 Å². The molecular formula is C28H36N4O3. The molecule has 1 aromatic heterocycles. The van der Waals surface area contributed by atoms with Gasteiger partial charge >= 0.3 is 0 Å². The molecule has 0 bridgehead atoms. The van der Waals surface area contributed by atoms with Crippen LogP contribution in [-0.4, -0.2) is 67.6 Å². The van der Waals surface area contributed by atoms with Crippen LogP contribution in [-0.2, 0) is 6.54 Å². The highest BCUT2D eigenvalue weighted by molar-refractivity contribution is 5.64. The minimum absolute atomic E-state index is 0.274. The lowest BCUT2D eigenvalue weighted by atomic mass is 10.1. The van der Waals surface area contributed by atoms with Gasteiger partial charge in [-0.1, -0.05) is 29.8 Å². The van der Waals surface area contributed by atoms with Crippen molar-refractivity contribution in [2.45, 2.75) is 33.7 Å². The second-order valence-corrected chi connectivity index (χ2v) is 9.59. The second kappa shape index (κ2) is 10.7. The molecule has 0 saturated carbocycles. The molecule has 2 aliphatic heterocycles. The number of aromatic nitrogens is 1. The molecule has 0 unspecified atom stereocenters. The number of aryl methyl sites for hydroxylation is 2. The summed E-state index contributed by atoms with van der Waals surface area (Å²) in [5.74, 6) is 2.43. The largest absolute Gasteiger partial charge is 0.454 e. The van der Waals surface area contributed by atoms with E-state index in [1.54, 1.807) is 0 Å². The molecule has 1 saturated heterocycles. The number of benzene rings is 2. The Hall–Kier alpha value is -3.03. The Balaban J connectivity index is 1.07. The minimum Gasteiger partial charge on any atom is -0.454 e. The third-order valence-electron chi connectivity index (χ3n) is 7.07. The lowest BCUT2D eigenvalue weighted by Crippen LogP contribution is -2.47. The summed E-state index contributed by atoms with van der Waals surface area (Å²) < 4.78 is 16.5. The molecule has 5 rings (SSSR count). The molecule has 186 valence electrons. The third kappa shape index (κ3) is 5.63. The van der Waals surface area contributed by atoms with Crippen molar-refractivity contribution in [2.24, 2.45) is 0 Å². The summed E-state index contributed by atoms with van der Waals surface area (Å²) in [4.78, 5) is 7.56. The smallest absolute Gasteiger partial charge is 0.231 e. The van der Waals surface area contributed by atoms with Crippen LogP contribution in [0.4, 0.5) is 5.69 Å². The van der Waals surface area contributed by atoms with Crippen molar-refractivity contribution in [2.75, 3.05) is 57.5 Å². The van der Waals surface area contributed by atoms with E-state index in [4.69, 9.17) is 14.0 Å². The number of fused-ring (bicyclic) bond motifs is 1. The van der Waals surface area contributed by atoms with Gasteiger partial charge in [-0.15, -0.1) is 0 Å². The van der Waals surface area contributed by atoms with Crippen molar-refractivity contribution < 1.29 is 14.0 Å². The summed E-state index contributed by atoms with van der Waals surface area (Å²) in [5.41, 5.74) is 5.91. The van der Waals surface area contributed by atoms with Crippen LogP contribution in [0.1, 0.15) is 30.2 Å². The molecule has 0 amide bonds. The first kappa shape index (κ1) is 23.7. The Morgan fingerprint density at radius 1 is 0.943 bits per heavy atom. The maximum atomic E-state index is 5.66. The fourth-order valence-electron chi connectivity index (χ4n) is 5.04. The highest BCUT2D eigenvalue weighted by Gasteiger charge is 2.19. The molecule has 35 heavy (non-hydrogen) atoms. The molecule has 3 heterocycles. The van der Waals surface area contributed by atoms with Crippen molar-refractivity contribution in [3.8, 4) is 22.8 Å². The van der Waals surface area contributed by atoms with E-state index in [9.17, 15) is 0 Å². The zero-order valence-corrected chi connectivity index (χ0v) is 21.1. The van der Waals surface area contributed by atoms with Crippen LogP contribution < -0.4 is 14.4 Å². The summed E-state index contributed by atoms with van der Waals surface area (Å²) >= 11 is 0. The van der Waals surface area contributed by atoms with Gasteiger partial charge in [-0.3, -0.25) is 9.80 Å². The van der Waals surface area contributed by atoms with Crippen molar-refractivity contribution in [1.82, 2.24) is 15.0 Å². The summed E-state index contributed by atoms with van der Waals surface area (Å²) in [5, 5.41) is 4.29. The van der Waals surface area contributed by atoms with Gasteiger partial charge in [0.2, 0.25) is 6.79 Å². The van der Waals surface area contributed by atoms with Gasteiger partial charge in [0.25, 0.3) is 0 Å². The molecule has 3 aromatic rings. The average molecular weight is 477 g/mol. The fraction of sp³-hybridized carbons (Fsp3) is 0.464. The van der Waals surface area contributed by atoms with Crippen LogP contribution in [0.3, 0.4) is 0 Å². The number of piperazine rings is 1. The topological polar surface area (TPSA) is 54.2 Å². The number of anilines is 1. The Bertz CT molecular complexity index is 1140. The maximum absolute atomic E-state index is 5.66. The SMILES string of the molecule is CCN(CCCN1CCN(c2ccc(C)cc2C)CC1)Cc1cc(-c2ccc3c(c2)OCO3)no1. The molecule has 7 heteroatoms. The molecule has 2 aliphatic rings. The number of hydrogen-bond donors (Lipinski definition) is 0. The first-order valence-corrected chi connectivity index (χ1v) is 12.7. The molecule has 2 aromatic carbocycles. The number of nitrogens with zero attached hydrogens (tertiary/aromatic N) is 4. The van der Waals surface area contributed by atoms with E-state index < -0.39 is 0 Å². The zero-order valence-electron chi connectivity index (χ0n) is 21.1. The normalized spacial score (nSPS) is 15.8. The van der Waals surface area contributed by atoms with Crippen molar-refractivity contribution in [1.29, 1.82) is 0 Å². The Morgan fingerprint density at radius 2 is 1.77 bits per heavy atom. The third-order valence-corrected chi connectivity index (χ3v) is 7.07. The summed E-state index contributed by atoms with van der Waals surface area (Å²) in [6.07, 6.45) is 1.15. The van der Waals surface area contributed by atoms with Gasteiger partial charge in [0.15, 0.2) is 17.3 Å². The van der Waals surface area contributed by atoms with E-state index >= 15 is 0 Å². The molecule has 7 nitrogen and oxygen atoms in total. The van der Waals surface area contributed by atoms with Crippen LogP contribution in [0, 0.1) is 13.8 Å². The monoisotopic (exact) mass is 476 g/mol. The van der Waals surface area contributed by atoms with Gasteiger partial charge in [0.05, 0.1) is 6.54 Å². The van der Waals surface area contributed by atoms with Gasteiger partial charge in [0, 0.05) is 43.5 Å². The van der Waals surface area contributed by atoms with Crippen LogP contribution in [0.25, 0.3) is 11.3 Å². The Kier molecular flexibility index (Phi) is 7.25. The van der Waals surface area contributed by atoms with E-state index in [2.05, 4.69) is 58.8 Å². The van der Waals surface area contributed by atoms with Gasteiger partial charge < -0.3 is 18.9 Å². The number of rotatable bonds is 9. The lowest BCUT2D eigenvalue weighted by molar-refractivity contribution is 0.174. The first-order valence-electron chi connectivity index (χ1n) is 12.7. The molecule has 1 fully saturated rings. The van der Waals surface area contributed by atoms with E-state index in [1.165, 1.54) is 16.8 Å². The van der Waals surface area contributed by atoms with Gasteiger partial charge in [0.1, 0.15) is 5.69 Å². The molecule has 0 spiro atoms. The predicted molar refractivity (Wildman–Crippen MR) is 138 cm³/mol. The van der Waals surface area contributed by atoms with Gasteiger partial charge in [-0.2, -0.15) is 0 Å². The highest BCUT2D eigenvalue weighted by atomic mass is 16.7. The van der Waals surface area contributed by atoms with Crippen LogP contribution in [0.2, 0.25) is 0 Å². The van der Waals surface area contributed by atoms with Crippen molar-refractivity contribution >= 4 is 5.69 Å². The zero-order chi connectivity index (χ0) is 24.2. The van der Waals surface area contributed by atoms with E-state index in [0.717, 1.165) is 87.3 Å². The molecular weight excluding hydrogens is 440 g/mol. The van der Waals surface area contributed by atoms with Gasteiger partial charge in [-0.25, -0.2) is 0 Å². The van der Waals surface area contributed by atoms with Gasteiger partial charge in [-0.05, 0) is 69.7 Å². The summed E-state index contributed by atoms with van der Waals surface area (Å²) in [6, 6.07) is 14.7. The standard InChI is InChI=1S/C28H36N4O3/c1-4-30(19-24-18-25(29-35-24)23-7-9-27-28(17-23)34-20-33-27)10-5-11-31-12-14-32(15-13-31)26-8-6-21(2)16-22(26)3/h6-9,16-18H,4-5,10-15,19-20H2,1-3H3. The molecule has 0 radical (unpaired) electrons. The minimum atomic E-state index is 0.274. The fourth-order valence-corrected chi connectivity index (χ4v) is 5.04. The molecule has 0 atom stereocenters. The van der Waals surface area contributed by atoms with Crippen LogP contribution in [0.15, 0.2) is 47.0 Å². The number of hydrogen-bond acceptors (Lipinski definition) is 7. The quantitative estimate of drug-likeness (QED) is 0.443. The van der Waals surface area contributed by atoms with E-state index in [1.807, 2.05) is 24.3 Å². The van der Waals surface area contributed by atoms with E-state index in [-0.39, 0.29) is 6.79 Å². The van der Waals surface area contributed by atoms with Crippen molar-refractivity contribution in [3.05, 3.63) is 59.4 Å². The lowest BCUT2D eigenvalue weighted by Gasteiger charge is -2.37. The summed E-state index contributed by atoms with van der Waals surface area (Å²) in [7, 11) is 0. The first-order chi connectivity index (χ1) is 17.1. The molecule has 0 aliphatic carbocycles. The highest BCUT2D eigenvalue weighted by Crippen LogP contribution is 2.35. The predicted octanol–water partition coefficient (Wildman–Crippen LogP) is 4.72. The maximum Gasteiger partial charge on any atom is 0.231 e. The van der Waals surface area contributed by atoms with E-state index in [0.29, 0.717) is 0 Å².